The Morgan fingerprint density at radius 1 is 1.39 bits per heavy atom. The van der Waals surface area contributed by atoms with Gasteiger partial charge in [0.05, 0.1) is 12.2 Å². The number of halogens is 1. The summed E-state index contributed by atoms with van der Waals surface area (Å²) in [5.74, 6) is -0.313. The second kappa shape index (κ2) is 6.47. The van der Waals surface area contributed by atoms with Crippen molar-refractivity contribution in [1.82, 2.24) is 15.4 Å². The van der Waals surface area contributed by atoms with Crippen LogP contribution in [0.1, 0.15) is 18.1 Å². The Bertz CT molecular complexity index is 751. The maximum atomic E-state index is 12.6. The molecule has 0 aliphatic carbocycles. The zero-order chi connectivity index (χ0) is 16.4. The van der Waals surface area contributed by atoms with E-state index in [2.05, 4.69) is 26.3 Å². The smallest absolute Gasteiger partial charge is 0.274 e. The molecule has 118 valence electrons. The minimum atomic E-state index is -0.379. The molecule has 1 aliphatic heterocycles. The van der Waals surface area contributed by atoms with E-state index < -0.39 is 0 Å². The second-order valence-electron chi connectivity index (χ2n) is 5.19. The van der Waals surface area contributed by atoms with Crippen LogP contribution in [-0.2, 0) is 17.9 Å². The van der Waals surface area contributed by atoms with Crippen LogP contribution in [0.5, 0.6) is 0 Å². The first-order chi connectivity index (χ1) is 11.1. The molecule has 0 fully saturated rings. The number of benzene rings is 1. The highest BCUT2D eigenvalue weighted by Gasteiger charge is 2.33. The van der Waals surface area contributed by atoms with Gasteiger partial charge in [0.1, 0.15) is 0 Å². The molecule has 2 heterocycles. The van der Waals surface area contributed by atoms with Crippen LogP contribution >= 0.6 is 15.9 Å². The van der Waals surface area contributed by atoms with E-state index in [1.807, 2.05) is 24.3 Å². The molecule has 0 spiro atoms. The number of imide groups is 1. The molecule has 0 bridgehead atoms. The summed E-state index contributed by atoms with van der Waals surface area (Å²) in [6, 6.07) is 8.88. The summed E-state index contributed by atoms with van der Waals surface area (Å²) in [4.78, 5) is 29.7. The third-order valence-corrected chi connectivity index (χ3v) is 4.04. The number of fused-ring (bicyclic) bond motifs is 1. The number of hydrogen-bond donors (Lipinski definition) is 1. The summed E-state index contributed by atoms with van der Waals surface area (Å²) in [5, 5.41) is 1.45. The van der Waals surface area contributed by atoms with Crippen molar-refractivity contribution in [3.05, 3.63) is 58.3 Å². The van der Waals surface area contributed by atoms with Crippen LogP contribution in [-0.4, -0.2) is 21.9 Å². The standard InChI is InChI=1S/C16H15BrN4O2/c1-11(22)21-15-5-4-14(17)7-13(15)10-20(16(21)23)19-9-12-3-2-6-18-8-12/h2-8,19H,9-10H2,1H3. The van der Waals surface area contributed by atoms with E-state index in [0.29, 0.717) is 18.8 Å². The summed E-state index contributed by atoms with van der Waals surface area (Å²) >= 11 is 3.42. The fourth-order valence-corrected chi connectivity index (χ4v) is 2.89. The minimum absolute atomic E-state index is 0.313. The normalized spacial score (nSPS) is 13.9. The van der Waals surface area contributed by atoms with Crippen molar-refractivity contribution >= 4 is 33.6 Å². The molecule has 7 heteroatoms. The fourth-order valence-electron chi connectivity index (χ4n) is 2.48. The Morgan fingerprint density at radius 2 is 2.22 bits per heavy atom. The van der Waals surface area contributed by atoms with Crippen LogP contribution < -0.4 is 10.3 Å². The van der Waals surface area contributed by atoms with Crippen molar-refractivity contribution in [2.45, 2.75) is 20.0 Å². The van der Waals surface area contributed by atoms with E-state index in [4.69, 9.17) is 0 Å². The summed E-state index contributed by atoms with van der Waals surface area (Å²) in [5.41, 5.74) is 5.55. The minimum Gasteiger partial charge on any atom is -0.274 e. The maximum Gasteiger partial charge on any atom is 0.346 e. The van der Waals surface area contributed by atoms with E-state index >= 15 is 0 Å². The molecule has 0 radical (unpaired) electrons. The predicted molar refractivity (Wildman–Crippen MR) is 89.3 cm³/mol. The van der Waals surface area contributed by atoms with Gasteiger partial charge in [0.25, 0.3) is 0 Å². The average Bonchev–Trinajstić information content (AvgIpc) is 2.53. The van der Waals surface area contributed by atoms with E-state index in [1.54, 1.807) is 18.5 Å². The van der Waals surface area contributed by atoms with Gasteiger partial charge in [0, 0.05) is 30.3 Å². The van der Waals surface area contributed by atoms with Crippen LogP contribution in [0, 0.1) is 0 Å². The Hall–Kier alpha value is -2.25. The van der Waals surface area contributed by atoms with Gasteiger partial charge in [-0.1, -0.05) is 22.0 Å². The lowest BCUT2D eigenvalue weighted by Crippen LogP contribution is -2.54. The number of nitrogens with zero attached hydrogens (tertiary/aromatic N) is 3. The quantitative estimate of drug-likeness (QED) is 0.896. The van der Waals surface area contributed by atoms with Gasteiger partial charge >= 0.3 is 6.03 Å². The van der Waals surface area contributed by atoms with Crippen LogP contribution in [0.2, 0.25) is 0 Å². The first-order valence-electron chi connectivity index (χ1n) is 7.09. The molecular weight excluding hydrogens is 360 g/mol. The first-order valence-corrected chi connectivity index (χ1v) is 7.88. The SMILES string of the molecule is CC(=O)N1C(=O)N(NCc2cccnc2)Cc2cc(Br)ccc21. The Labute approximate surface area is 142 Å². The zero-order valence-corrected chi connectivity index (χ0v) is 14.1. The summed E-state index contributed by atoms with van der Waals surface area (Å²) in [6.07, 6.45) is 3.43. The average molecular weight is 375 g/mol. The molecule has 0 unspecified atom stereocenters. The van der Waals surface area contributed by atoms with Gasteiger partial charge in [0.15, 0.2) is 0 Å². The summed E-state index contributed by atoms with van der Waals surface area (Å²) < 4.78 is 0.904. The molecule has 1 aromatic heterocycles. The van der Waals surface area contributed by atoms with E-state index in [0.717, 1.165) is 15.6 Å². The molecule has 0 atom stereocenters. The molecule has 3 amide bonds. The van der Waals surface area contributed by atoms with Crippen molar-refractivity contribution in [2.24, 2.45) is 0 Å². The number of urea groups is 1. The number of hydrazine groups is 1. The van der Waals surface area contributed by atoms with Crippen LogP contribution in [0.4, 0.5) is 10.5 Å². The molecule has 0 saturated heterocycles. The third kappa shape index (κ3) is 3.25. The molecule has 3 rings (SSSR count). The topological polar surface area (TPSA) is 65.5 Å². The molecule has 2 aromatic rings. The number of nitrogens with one attached hydrogen (secondary N) is 1. The van der Waals surface area contributed by atoms with Crippen molar-refractivity contribution < 1.29 is 9.59 Å². The van der Waals surface area contributed by atoms with Gasteiger partial charge < -0.3 is 0 Å². The highest BCUT2D eigenvalue weighted by Crippen LogP contribution is 2.30. The van der Waals surface area contributed by atoms with E-state index in [-0.39, 0.29) is 11.9 Å². The number of carbonyl (C=O) groups is 2. The van der Waals surface area contributed by atoms with Gasteiger partial charge in [0.2, 0.25) is 5.91 Å². The molecule has 1 N–H and O–H groups in total. The van der Waals surface area contributed by atoms with Gasteiger partial charge in [-0.15, -0.1) is 0 Å². The Balaban J connectivity index is 1.85. The van der Waals surface area contributed by atoms with Gasteiger partial charge in [-0.3, -0.25) is 14.8 Å². The molecule has 6 nitrogen and oxygen atoms in total. The molecule has 0 saturated carbocycles. The van der Waals surface area contributed by atoms with Crippen molar-refractivity contribution in [2.75, 3.05) is 4.90 Å². The number of hydrogen-bond acceptors (Lipinski definition) is 4. The number of anilines is 1. The Morgan fingerprint density at radius 3 is 2.91 bits per heavy atom. The van der Waals surface area contributed by atoms with Crippen molar-refractivity contribution in [3.63, 3.8) is 0 Å². The monoisotopic (exact) mass is 374 g/mol. The Kier molecular flexibility index (Phi) is 4.40. The van der Waals surface area contributed by atoms with Crippen LogP contribution in [0.15, 0.2) is 47.2 Å². The third-order valence-electron chi connectivity index (χ3n) is 3.54. The van der Waals surface area contributed by atoms with Gasteiger partial charge in [-0.2, -0.15) is 0 Å². The van der Waals surface area contributed by atoms with Crippen LogP contribution in [0.3, 0.4) is 0 Å². The van der Waals surface area contributed by atoms with Crippen molar-refractivity contribution in [3.8, 4) is 0 Å². The highest BCUT2D eigenvalue weighted by atomic mass is 79.9. The van der Waals surface area contributed by atoms with E-state index in [9.17, 15) is 9.59 Å². The molecule has 1 aromatic carbocycles. The maximum absolute atomic E-state index is 12.6. The summed E-state index contributed by atoms with van der Waals surface area (Å²) in [7, 11) is 0. The number of amides is 3. The zero-order valence-electron chi connectivity index (χ0n) is 12.5. The number of aromatic nitrogens is 1. The lowest BCUT2D eigenvalue weighted by atomic mass is 10.1. The van der Waals surface area contributed by atoms with Crippen molar-refractivity contribution in [1.29, 1.82) is 0 Å². The molecule has 1 aliphatic rings. The number of carbonyl (C=O) groups excluding carboxylic acids is 2. The number of rotatable bonds is 3. The highest BCUT2D eigenvalue weighted by molar-refractivity contribution is 9.10. The fraction of sp³-hybridized carbons (Fsp3) is 0.188. The van der Waals surface area contributed by atoms with E-state index in [1.165, 1.54) is 16.8 Å². The van der Waals surface area contributed by atoms with Gasteiger partial charge in [-0.25, -0.2) is 15.1 Å². The predicted octanol–water partition coefficient (Wildman–Crippen LogP) is 2.84. The summed E-state index contributed by atoms with van der Waals surface area (Å²) in [6.45, 7) is 2.22. The van der Waals surface area contributed by atoms with Crippen LogP contribution in [0.25, 0.3) is 0 Å². The lowest BCUT2D eigenvalue weighted by molar-refractivity contribution is -0.116. The first kappa shape index (κ1) is 15.6. The number of pyridine rings is 1. The molecular formula is C16H15BrN4O2. The molecule has 23 heavy (non-hydrogen) atoms. The lowest BCUT2D eigenvalue weighted by Gasteiger charge is -2.35. The second-order valence-corrected chi connectivity index (χ2v) is 6.11. The van der Waals surface area contributed by atoms with Gasteiger partial charge in [-0.05, 0) is 35.4 Å². The largest absolute Gasteiger partial charge is 0.346 e.